The van der Waals surface area contributed by atoms with Crippen LogP contribution < -0.4 is 10.4 Å². The molecule has 0 heterocycles. The van der Waals surface area contributed by atoms with E-state index < -0.39 is 19.7 Å². The van der Waals surface area contributed by atoms with E-state index in [1.165, 1.54) is 10.4 Å². The molecule has 0 aromatic heterocycles. The lowest BCUT2D eigenvalue weighted by molar-refractivity contribution is -0.140. The van der Waals surface area contributed by atoms with Gasteiger partial charge in [-0.3, -0.25) is 4.79 Å². The van der Waals surface area contributed by atoms with Crippen molar-refractivity contribution in [3.8, 4) is 0 Å². The normalized spacial score (nSPS) is 20.9. The summed E-state index contributed by atoms with van der Waals surface area (Å²) in [7, 11) is -2.66. The molecule has 0 spiro atoms. The predicted molar refractivity (Wildman–Crippen MR) is 127 cm³/mol. The number of hydrogen-bond acceptors (Lipinski definition) is 2. The third kappa shape index (κ3) is 3.64. The quantitative estimate of drug-likeness (QED) is 0.557. The number of rotatable bonds is 7. The van der Waals surface area contributed by atoms with E-state index in [9.17, 15) is 9.90 Å². The van der Waals surface area contributed by atoms with Crippen molar-refractivity contribution in [1.82, 2.24) is 0 Å². The van der Waals surface area contributed by atoms with Crippen LogP contribution in [0.5, 0.6) is 0 Å². The second-order valence-electron chi connectivity index (χ2n) is 9.52. The summed E-state index contributed by atoms with van der Waals surface area (Å²) in [4.78, 5) is 12.3. The minimum Gasteiger partial charge on any atom is -0.481 e. The van der Waals surface area contributed by atoms with Crippen LogP contribution >= 0.6 is 0 Å². The molecular formula is C27H30O3Si. The monoisotopic (exact) mass is 430 g/mol. The van der Waals surface area contributed by atoms with E-state index in [1.54, 1.807) is 0 Å². The minimum absolute atomic E-state index is 0.0333. The molecule has 1 aliphatic rings. The van der Waals surface area contributed by atoms with Crippen LogP contribution in [0.2, 0.25) is 5.04 Å². The van der Waals surface area contributed by atoms with Crippen LogP contribution in [0.1, 0.15) is 32.8 Å². The molecule has 4 heteroatoms. The summed E-state index contributed by atoms with van der Waals surface area (Å²) in [6.07, 6.45) is 0.616. The number of carbonyl (C=O) groups is 1. The third-order valence-electron chi connectivity index (χ3n) is 6.69. The molecule has 0 amide bonds. The number of hydrogen-bond donors (Lipinski definition) is 1. The third-order valence-corrected chi connectivity index (χ3v) is 11.7. The first-order valence-electron chi connectivity index (χ1n) is 10.9. The second-order valence-corrected chi connectivity index (χ2v) is 13.8. The minimum atomic E-state index is -2.66. The summed E-state index contributed by atoms with van der Waals surface area (Å²) in [5.41, 5.74) is 0.0330. The van der Waals surface area contributed by atoms with Gasteiger partial charge in [0.2, 0.25) is 0 Å². The SMILES string of the molecule is CC(C)(C)[Si](OC[C@H]1C[C@]1(C(=O)O)c1ccccc1)(c1ccccc1)c1ccccc1. The maximum Gasteiger partial charge on any atom is 0.314 e. The van der Waals surface area contributed by atoms with Gasteiger partial charge in [0.05, 0.1) is 5.41 Å². The van der Waals surface area contributed by atoms with Crippen molar-refractivity contribution in [2.75, 3.05) is 6.61 Å². The first-order chi connectivity index (χ1) is 14.8. The average molecular weight is 431 g/mol. The van der Waals surface area contributed by atoms with Gasteiger partial charge in [-0.15, -0.1) is 0 Å². The fourth-order valence-corrected chi connectivity index (χ4v) is 9.60. The van der Waals surface area contributed by atoms with E-state index in [4.69, 9.17) is 4.43 Å². The lowest BCUT2D eigenvalue weighted by Crippen LogP contribution is -2.66. The van der Waals surface area contributed by atoms with Gasteiger partial charge in [0, 0.05) is 12.5 Å². The fourth-order valence-electron chi connectivity index (χ4n) is 4.99. The number of carboxylic acids is 1. The summed E-state index contributed by atoms with van der Waals surface area (Å²) in [6, 6.07) is 30.6. The Morgan fingerprint density at radius 3 is 1.77 bits per heavy atom. The smallest absolute Gasteiger partial charge is 0.314 e. The van der Waals surface area contributed by atoms with E-state index in [0.29, 0.717) is 13.0 Å². The predicted octanol–water partition coefficient (Wildman–Crippen LogP) is 4.61. The maximum atomic E-state index is 12.3. The lowest BCUT2D eigenvalue weighted by atomic mass is 9.93. The zero-order chi connectivity index (χ0) is 22.1. The molecule has 0 radical (unpaired) electrons. The Morgan fingerprint density at radius 2 is 1.35 bits per heavy atom. The molecule has 3 aromatic carbocycles. The van der Waals surface area contributed by atoms with E-state index in [0.717, 1.165) is 5.56 Å². The van der Waals surface area contributed by atoms with E-state index >= 15 is 0 Å². The Bertz CT molecular complexity index is 989. The Labute approximate surface area is 185 Å². The summed E-state index contributed by atoms with van der Waals surface area (Å²) in [6.45, 7) is 7.17. The van der Waals surface area contributed by atoms with Crippen LogP contribution in [0.25, 0.3) is 0 Å². The van der Waals surface area contributed by atoms with Gasteiger partial charge in [-0.25, -0.2) is 0 Å². The van der Waals surface area contributed by atoms with Gasteiger partial charge in [-0.1, -0.05) is 112 Å². The lowest BCUT2D eigenvalue weighted by Gasteiger charge is -2.43. The van der Waals surface area contributed by atoms with Crippen LogP contribution in [-0.2, 0) is 14.6 Å². The Hall–Kier alpha value is -2.69. The van der Waals surface area contributed by atoms with Crippen molar-refractivity contribution in [1.29, 1.82) is 0 Å². The molecule has 160 valence electrons. The molecule has 1 fully saturated rings. The molecule has 1 aliphatic carbocycles. The van der Waals surface area contributed by atoms with Crippen LogP contribution in [0, 0.1) is 5.92 Å². The number of carboxylic acid groups (broad SMARTS) is 1. The zero-order valence-electron chi connectivity index (χ0n) is 18.4. The molecule has 3 nitrogen and oxygen atoms in total. The largest absolute Gasteiger partial charge is 0.481 e. The molecule has 0 saturated heterocycles. The van der Waals surface area contributed by atoms with Crippen molar-refractivity contribution in [3.63, 3.8) is 0 Å². The molecule has 4 rings (SSSR count). The van der Waals surface area contributed by atoms with Crippen molar-refractivity contribution in [2.45, 2.75) is 37.6 Å². The molecule has 1 N–H and O–H groups in total. The highest BCUT2D eigenvalue weighted by atomic mass is 28.4. The number of aliphatic carboxylic acids is 1. The molecule has 0 aliphatic heterocycles. The molecule has 31 heavy (non-hydrogen) atoms. The average Bonchev–Trinajstić information content (AvgIpc) is 3.51. The molecule has 2 atom stereocenters. The highest BCUT2D eigenvalue weighted by Crippen LogP contribution is 2.55. The zero-order valence-corrected chi connectivity index (χ0v) is 19.4. The van der Waals surface area contributed by atoms with Crippen LogP contribution in [0.4, 0.5) is 0 Å². The van der Waals surface area contributed by atoms with Crippen molar-refractivity contribution < 1.29 is 14.3 Å². The number of benzene rings is 3. The molecule has 1 saturated carbocycles. The van der Waals surface area contributed by atoms with Gasteiger partial charge >= 0.3 is 5.97 Å². The standard InChI is InChI=1S/C27H30O3Si/c1-26(2,3)31(23-15-9-5-10-16-23,24-17-11-6-12-18-24)30-20-22-19-27(22,25(28)29)21-13-7-4-8-14-21/h4-18,22H,19-20H2,1-3H3,(H,28,29)/t22-,27+/m1/s1. The van der Waals surface area contributed by atoms with Gasteiger partial charge < -0.3 is 9.53 Å². The molecule has 0 bridgehead atoms. The maximum absolute atomic E-state index is 12.3. The molecule has 0 unspecified atom stereocenters. The van der Waals surface area contributed by atoms with Gasteiger partial charge in [0.15, 0.2) is 0 Å². The van der Waals surface area contributed by atoms with Gasteiger partial charge in [-0.05, 0) is 27.4 Å². The Morgan fingerprint density at radius 1 is 0.903 bits per heavy atom. The van der Waals surface area contributed by atoms with Crippen LogP contribution in [0.3, 0.4) is 0 Å². The first-order valence-corrected chi connectivity index (χ1v) is 12.8. The molecule has 3 aromatic rings. The summed E-state index contributed by atoms with van der Waals surface area (Å²) < 4.78 is 6.99. The van der Waals surface area contributed by atoms with E-state index in [1.807, 2.05) is 42.5 Å². The Balaban J connectivity index is 1.73. The highest BCUT2D eigenvalue weighted by molar-refractivity contribution is 6.99. The van der Waals surface area contributed by atoms with Crippen molar-refractivity contribution >= 4 is 24.7 Å². The van der Waals surface area contributed by atoms with Gasteiger partial charge in [0.1, 0.15) is 0 Å². The van der Waals surface area contributed by atoms with Crippen molar-refractivity contribution in [3.05, 3.63) is 96.6 Å². The fraction of sp³-hybridized carbons (Fsp3) is 0.296. The molecular weight excluding hydrogens is 400 g/mol. The summed E-state index contributed by atoms with van der Waals surface area (Å²) >= 11 is 0. The summed E-state index contributed by atoms with van der Waals surface area (Å²) in [5, 5.41) is 12.4. The van der Waals surface area contributed by atoms with E-state index in [2.05, 4.69) is 69.3 Å². The van der Waals surface area contributed by atoms with Gasteiger partial charge in [-0.2, -0.15) is 0 Å². The van der Waals surface area contributed by atoms with Crippen molar-refractivity contribution in [2.24, 2.45) is 5.92 Å². The Kier molecular flexibility index (Phi) is 5.63. The highest BCUT2D eigenvalue weighted by Gasteiger charge is 2.62. The van der Waals surface area contributed by atoms with Crippen LogP contribution in [-0.4, -0.2) is 26.0 Å². The van der Waals surface area contributed by atoms with E-state index in [-0.39, 0.29) is 11.0 Å². The van der Waals surface area contributed by atoms with Crippen LogP contribution in [0.15, 0.2) is 91.0 Å². The summed E-state index contributed by atoms with van der Waals surface area (Å²) in [5.74, 6) is -0.788. The second kappa shape index (κ2) is 8.10. The topological polar surface area (TPSA) is 46.5 Å². The first kappa shape index (κ1) is 21.5. The van der Waals surface area contributed by atoms with Gasteiger partial charge in [0.25, 0.3) is 8.32 Å².